The molecule has 2 N–H and O–H groups in total. The zero-order valence-electron chi connectivity index (χ0n) is 13.7. The number of nitrogens with one attached hydrogen (secondary N) is 2. The van der Waals surface area contributed by atoms with E-state index in [0.29, 0.717) is 17.1 Å². The van der Waals surface area contributed by atoms with Gasteiger partial charge < -0.3 is 10.6 Å². The molecule has 0 bridgehead atoms. The van der Waals surface area contributed by atoms with E-state index >= 15 is 0 Å². The van der Waals surface area contributed by atoms with Crippen molar-refractivity contribution in [2.45, 2.75) is 38.5 Å². The molecular formula is C18H24ClFN2O. The van der Waals surface area contributed by atoms with Gasteiger partial charge in [-0.15, -0.1) is 0 Å². The highest BCUT2D eigenvalue weighted by atomic mass is 35.5. The van der Waals surface area contributed by atoms with Gasteiger partial charge in [0.05, 0.1) is 0 Å². The summed E-state index contributed by atoms with van der Waals surface area (Å²) in [4.78, 5) is 12.5. The normalized spacial score (nSPS) is 22.9. The quantitative estimate of drug-likeness (QED) is 0.884. The van der Waals surface area contributed by atoms with Gasteiger partial charge in [0.15, 0.2) is 0 Å². The van der Waals surface area contributed by atoms with Crippen LogP contribution in [0.2, 0.25) is 5.02 Å². The van der Waals surface area contributed by atoms with Crippen molar-refractivity contribution in [3.8, 4) is 0 Å². The fraction of sp³-hybridized carbons (Fsp3) is 0.611. The second kappa shape index (κ2) is 6.06. The van der Waals surface area contributed by atoms with Crippen molar-refractivity contribution in [2.24, 2.45) is 11.3 Å². The van der Waals surface area contributed by atoms with Crippen LogP contribution in [0.25, 0.3) is 0 Å². The highest BCUT2D eigenvalue weighted by Gasteiger charge is 2.57. The molecule has 1 aromatic rings. The fourth-order valence-corrected chi connectivity index (χ4v) is 4.28. The number of hydrogen-bond donors (Lipinski definition) is 2. The molecule has 1 aliphatic heterocycles. The summed E-state index contributed by atoms with van der Waals surface area (Å²) in [7, 11) is 0. The molecule has 1 aliphatic carbocycles. The van der Waals surface area contributed by atoms with Gasteiger partial charge in [0.1, 0.15) is 5.82 Å². The van der Waals surface area contributed by atoms with Crippen LogP contribution in [0, 0.1) is 17.2 Å². The molecule has 3 nitrogen and oxygen atoms in total. The molecule has 1 saturated heterocycles. The third-order valence-corrected chi connectivity index (χ3v) is 5.76. The lowest BCUT2D eigenvalue weighted by atomic mass is 9.84. The third-order valence-electron chi connectivity index (χ3n) is 5.45. The second-order valence-corrected chi connectivity index (χ2v) is 7.97. The van der Waals surface area contributed by atoms with E-state index in [1.807, 2.05) is 13.8 Å². The molecule has 1 heterocycles. The summed E-state index contributed by atoms with van der Waals surface area (Å²) in [6.07, 6.45) is 3.14. The largest absolute Gasteiger partial charge is 0.355 e. The van der Waals surface area contributed by atoms with Crippen molar-refractivity contribution >= 4 is 17.5 Å². The van der Waals surface area contributed by atoms with E-state index in [4.69, 9.17) is 11.6 Å². The Morgan fingerprint density at radius 2 is 2.13 bits per heavy atom. The van der Waals surface area contributed by atoms with E-state index in [1.165, 1.54) is 6.07 Å². The molecule has 5 heteroatoms. The number of carbonyl (C=O) groups excluding carboxylic acids is 1. The lowest BCUT2D eigenvalue weighted by Gasteiger charge is -2.28. The summed E-state index contributed by atoms with van der Waals surface area (Å²) in [5.41, 5.74) is 0.137. The molecule has 2 fully saturated rings. The van der Waals surface area contributed by atoms with Gasteiger partial charge in [-0.2, -0.15) is 0 Å². The molecule has 1 atom stereocenters. The highest BCUT2D eigenvalue weighted by molar-refractivity contribution is 6.31. The Morgan fingerprint density at radius 1 is 1.43 bits per heavy atom. The highest BCUT2D eigenvalue weighted by Crippen LogP contribution is 2.58. The van der Waals surface area contributed by atoms with E-state index in [0.717, 1.165) is 32.4 Å². The minimum Gasteiger partial charge on any atom is -0.355 e. The SMILES string of the molecule is CC(C)(CNC(=O)C1CC12CCNCC2)c1c(F)cccc1Cl. The lowest BCUT2D eigenvalue weighted by Crippen LogP contribution is -2.40. The summed E-state index contributed by atoms with van der Waals surface area (Å²) >= 11 is 6.16. The zero-order chi connectivity index (χ0) is 16.7. The number of halogens is 2. The second-order valence-electron chi connectivity index (χ2n) is 7.57. The van der Waals surface area contributed by atoms with Gasteiger partial charge >= 0.3 is 0 Å². The van der Waals surface area contributed by atoms with Crippen LogP contribution in [0.5, 0.6) is 0 Å². The molecule has 1 unspecified atom stereocenters. The summed E-state index contributed by atoms with van der Waals surface area (Å²) in [5, 5.41) is 6.77. The summed E-state index contributed by atoms with van der Waals surface area (Å²) in [6, 6.07) is 4.70. The average Bonchev–Trinajstić information content (AvgIpc) is 3.18. The van der Waals surface area contributed by atoms with E-state index in [-0.39, 0.29) is 23.1 Å². The van der Waals surface area contributed by atoms with Crippen LogP contribution in [0.1, 0.15) is 38.7 Å². The van der Waals surface area contributed by atoms with Gasteiger partial charge in [-0.3, -0.25) is 4.79 Å². The third kappa shape index (κ3) is 3.24. The van der Waals surface area contributed by atoms with Crippen LogP contribution in [0.4, 0.5) is 4.39 Å². The summed E-state index contributed by atoms with van der Waals surface area (Å²) in [6.45, 7) is 6.20. The van der Waals surface area contributed by atoms with Gasteiger partial charge in [0, 0.05) is 28.5 Å². The monoisotopic (exact) mass is 338 g/mol. The van der Waals surface area contributed by atoms with Gasteiger partial charge in [-0.1, -0.05) is 31.5 Å². The number of carbonyl (C=O) groups is 1. The van der Waals surface area contributed by atoms with Crippen LogP contribution < -0.4 is 10.6 Å². The number of amides is 1. The molecule has 23 heavy (non-hydrogen) atoms. The molecule has 0 aromatic heterocycles. The van der Waals surface area contributed by atoms with E-state index in [9.17, 15) is 9.18 Å². The van der Waals surface area contributed by atoms with Crippen LogP contribution in [0.3, 0.4) is 0 Å². The Labute approximate surface area is 142 Å². The maximum Gasteiger partial charge on any atom is 0.223 e. The number of piperidine rings is 1. The summed E-state index contributed by atoms with van der Waals surface area (Å²) in [5.74, 6) is -0.0954. The van der Waals surface area contributed by atoms with Crippen molar-refractivity contribution in [3.05, 3.63) is 34.6 Å². The number of rotatable bonds is 4. The maximum absolute atomic E-state index is 14.1. The van der Waals surface area contributed by atoms with Gasteiger partial charge in [0.2, 0.25) is 5.91 Å². The molecule has 1 amide bonds. The first kappa shape index (κ1) is 16.7. The van der Waals surface area contributed by atoms with Gasteiger partial charge in [-0.05, 0) is 49.9 Å². The molecular weight excluding hydrogens is 315 g/mol. The van der Waals surface area contributed by atoms with Crippen LogP contribution >= 0.6 is 11.6 Å². The maximum atomic E-state index is 14.1. The Balaban J connectivity index is 1.62. The predicted molar refractivity (Wildman–Crippen MR) is 90.1 cm³/mol. The lowest BCUT2D eigenvalue weighted by molar-refractivity contribution is -0.123. The first-order valence-electron chi connectivity index (χ1n) is 8.29. The molecule has 126 valence electrons. The molecule has 1 saturated carbocycles. The number of benzene rings is 1. The van der Waals surface area contributed by atoms with E-state index < -0.39 is 5.41 Å². The first-order chi connectivity index (χ1) is 10.9. The zero-order valence-corrected chi connectivity index (χ0v) is 14.5. The molecule has 1 spiro atoms. The molecule has 1 aromatic carbocycles. The fourth-order valence-electron chi connectivity index (χ4n) is 3.86. The average molecular weight is 339 g/mol. The van der Waals surface area contributed by atoms with Crippen LogP contribution in [-0.2, 0) is 10.2 Å². The molecule has 0 radical (unpaired) electrons. The van der Waals surface area contributed by atoms with Crippen LogP contribution in [0.15, 0.2) is 18.2 Å². The molecule has 3 rings (SSSR count). The van der Waals surface area contributed by atoms with E-state index in [1.54, 1.807) is 12.1 Å². The first-order valence-corrected chi connectivity index (χ1v) is 8.66. The van der Waals surface area contributed by atoms with Crippen molar-refractivity contribution in [2.75, 3.05) is 19.6 Å². The minimum atomic E-state index is -0.547. The minimum absolute atomic E-state index is 0.104. The number of hydrogen-bond acceptors (Lipinski definition) is 2. The van der Waals surface area contributed by atoms with Crippen molar-refractivity contribution in [1.82, 2.24) is 10.6 Å². The van der Waals surface area contributed by atoms with Crippen molar-refractivity contribution < 1.29 is 9.18 Å². The Morgan fingerprint density at radius 3 is 2.78 bits per heavy atom. The van der Waals surface area contributed by atoms with Gasteiger partial charge in [-0.25, -0.2) is 4.39 Å². The Kier molecular flexibility index (Phi) is 4.41. The van der Waals surface area contributed by atoms with E-state index in [2.05, 4.69) is 10.6 Å². The van der Waals surface area contributed by atoms with Crippen LogP contribution in [-0.4, -0.2) is 25.5 Å². The smallest absolute Gasteiger partial charge is 0.223 e. The van der Waals surface area contributed by atoms with Crippen molar-refractivity contribution in [1.29, 1.82) is 0 Å². The topological polar surface area (TPSA) is 41.1 Å². The standard InChI is InChI=1S/C18H24ClFN2O/c1-17(2,15-13(19)4-3-5-14(15)20)11-22-16(23)12-10-18(12)6-8-21-9-7-18/h3-5,12,21H,6-11H2,1-2H3,(H,22,23). The molecule has 2 aliphatic rings. The summed E-state index contributed by atoms with van der Waals surface area (Å²) < 4.78 is 14.1. The Bertz CT molecular complexity index is 591. The Hall–Kier alpha value is -1.13. The van der Waals surface area contributed by atoms with Crippen molar-refractivity contribution in [3.63, 3.8) is 0 Å². The predicted octanol–water partition coefficient (Wildman–Crippen LogP) is 3.26. The van der Waals surface area contributed by atoms with Gasteiger partial charge in [0.25, 0.3) is 0 Å².